The monoisotopic (exact) mass is 817 g/mol. The number of ether oxygens (including phenoxy) is 2. The molecule has 0 radical (unpaired) electrons. The van der Waals surface area contributed by atoms with E-state index in [4.69, 9.17) is 9.47 Å². The molecule has 4 aromatic rings. The molecule has 1 aromatic heterocycles. The van der Waals surface area contributed by atoms with Crippen LogP contribution in [0.25, 0.3) is 11.1 Å². The van der Waals surface area contributed by atoms with E-state index in [2.05, 4.69) is 5.32 Å². The Hall–Kier alpha value is -5.46. The molecular formula is C38H30F11N3O5. The normalized spacial score (nSPS) is 17.9. The first kappa shape index (κ1) is 41.2. The van der Waals surface area contributed by atoms with Gasteiger partial charge in [0, 0.05) is 43.0 Å². The Morgan fingerprint density at radius 1 is 0.877 bits per heavy atom. The number of carbonyl (C=O) groups excluding carboxylic acids is 2. The summed E-state index contributed by atoms with van der Waals surface area (Å²) in [5.74, 6) is -5.64. The lowest BCUT2D eigenvalue weighted by Gasteiger charge is -2.34. The first-order valence-corrected chi connectivity index (χ1v) is 17.2. The summed E-state index contributed by atoms with van der Waals surface area (Å²) in [5.41, 5.74) is -10.0. The van der Waals surface area contributed by atoms with Crippen molar-refractivity contribution in [2.75, 3.05) is 26.2 Å². The minimum Gasteiger partial charge on any atom is -0.466 e. The SMILES string of the molecule is CCOC(=O)C[C@@H]1NC(=O)C(n2cc(CCN3CC(F)C3)c(C(F)(F)F)cc2=O)c2cccc(c2)Oc2cccc(C(F)(F)F)c2-c2cc1c(F)c(C(F)(F)F)c2. The Morgan fingerprint density at radius 2 is 1.54 bits per heavy atom. The highest BCUT2D eigenvalue weighted by molar-refractivity contribution is 5.85. The average molecular weight is 818 g/mol. The van der Waals surface area contributed by atoms with E-state index in [1.165, 1.54) is 30.0 Å². The molecule has 57 heavy (non-hydrogen) atoms. The second kappa shape index (κ2) is 15.5. The summed E-state index contributed by atoms with van der Waals surface area (Å²) in [4.78, 5) is 42.4. The Bertz CT molecular complexity index is 2250. The number of halogens is 11. The summed E-state index contributed by atoms with van der Waals surface area (Å²) in [5, 5.41) is 2.22. The van der Waals surface area contributed by atoms with Gasteiger partial charge in [0.2, 0.25) is 5.91 Å². The number of benzene rings is 3. The number of pyridine rings is 1. The van der Waals surface area contributed by atoms with Crippen LogP contribution >= 0.6 is 0 Å². The molecule has 0 spiro atoms. The van der Waals surface area contributed by atoms with Crippen molar-refractivity contribution in [2.45, 2.75) is 56.5 Å². The Labute approximate surface area is 315 Å². The van der Waals surface area contributed by atoms with Crippen molar-refractivity contribution in [3.8, 4) is 22.6 Å². The highest BCUT2D eigenvalue weighted by Crippen LogP contribution is 2.47. The molecule has 2 atom stereocenters. The van der Waals surface area contributed by atoms with E-state index in [9.17, 15) is 58.3 Å². The number of alkyl halides is 10. The van der Waals surface area contributed by atoms with Crippen molar-refractivity contribution in [3.63, 3.8) is 0 Å². The van der Waals surface area contributed by atoms with Gasteiger partial charge in [0.15, 0.2) is 0 Å². The van der Waals surface area contributed by atoms with E-state index in [0.29, 0.717) is 16.7 Å². The number of nitrogens with one attached hydrogen (secondary N) is 1. The van der Waals surface area contributed by atoms with Crippen LogP contribution in [0, 0.1) is 5.82 Å². The van der Waals surface area contributed by atoms with Gasteiger partial charge in [0.05, 0.1) is 35.8 Å². The number of carbonyl (C=O) groups is 2. The van der Waals surface area contributed by atoms with Crippen molar-refractivity contribution in [2.24, 2.45) is 0 Å². The molecule has 0 saturated carbocycles. The number of esters is 1. The van der Waals surface area contributed by atoms with Gasteiger partial charge in [-0.25, -0.2) is 8.78 Å². The third-order valence-corrected chi connectivity index (χ3v) is 9.40. The van der Waals surface area contributed by atoms with E-state index in [-0.39, 0.29) is 56.1 Å². The van der Waals surface area contributed by atoms with E-state index in [1.807, 2.05) is 0 Å². The van der Waals surface area contributed by atoms with Gasteiger partial charge < -0.3 is 14.8 Å². The van der Waals surface area contributed by atoms with Gasteiger partial charge in [-0.2, -0.15) is 39.5 Å². The summed E-state index contributed by atoms with van der Waals surface area (Å²) in [6.45, 7) is 0.872. The summed E-state index contributed by atoms with van der Waals surface area (Å²) in [6, 6.07) is 3.90. The molecule has 1 amide bonds. The molecule has 1 fully saturated rings. The van der Waals surface area contributed by atoms with Gasteiger partial charge in [-0.05, 0) is 66.4 Å². The second-order valence-corrected chi connectivity index (χ2v) is 13.3. The fourth-order valence-corrected chi connectivity index (χ4v) is 6.82. The van der Waals surface area contributed by atoms with Gasteiger partial charge >= 0.3 is 24.5 Å². The maximum atomic E-state index is 16.1. The van der Waals surface area contributed by atoms with Crippen LogP contribution in [0.4, 0.5) is 48.3 Å². The predicted octanol–water partition coefficient (Wildman–Crippen LogP) is 8.41. The van der Waals surface area contributed by atoms with Crippen molar-refractivity contribution in [3.05, 3.63) is 116 Å². The standard InChI is InChI=1S/C38H30F11N3O5/c1-2-56-31(54)15-28-24-12-21(13-27(33(24)40)38(47,48)49)32-25(36(41,42)43)7-4-8-29(32)57-23-6-3-5-19(11-23)34(35(55)50-28)52-16-20(9-10-51-17-22(39)18-51)26(14-30(52)53)37(44,45)46/h3-8,11-14,16,22,28,34H,2,9-10,15,17-18H2,1H3,(H,50,55)/t28-,34?/m0/s1. The first-order chi connectivity index (χ1) is 26.6. The quantitative estimate of drug-likeness (QED) is 0.149. The zero-order valence-corrected chi connectivity index (χ0v) is 29.4. The number of rotatable bonds is 7. The Morgan fingerprint density at radius 3 is 2.18 bits per heavy atom. The van der Waals surface area contributed by atoms with Crippen molar-refractivity contribution < 1.29 is 67.4 Å². The minimum absolute atomic E-state index is 0.0535. The molecule has 19 heteroatoms. The molecule has 1 N–H and O–H groups in total. The number of nitrogens with zero attached hydrogens (tertiary/aromatic N) is 2. The van der Waals surface area contributed by atoms with E-state index in [0.717, 1.165) is 24.4 Å². The largest absolute Gasteiger partial charge is 0.466 e. The highest BCUT2D eigenvalue weighted by Gasteiger charge is 2.42. The van der Waals surface area contributed by atoms with E-state index >= 15 is 4.39 Å². The molecule has 1 saturated heterocycles. The molecule has 304 valence electrons. The number of hydrogen-bond acceptors (Lipinski definition) is 6. The molecule has 8 nitrogen and oxygen atoms in total. The fraction of sp³-hybridized carbons (Fsp3) is 0.342. The third-order valence-electron chi connectivity index (χ3n) is 9.40. The summed E-state index contributed by atoms with van der Waals surface area (Å²) < 4.78 is 171. The zero-order valence-electron chi connectivity index (χ0n) is 29.4. The average Bonchev–Trinajstić information content (AvgIpc) is 3.09. The zero-order chi connectivity index (χ0) is 41.6. The number of aromatic nitrogens is 1. The van der Waals surface area contributed by atoms with Crippen LogP contribution in [0.2, 0.25) is 0 Å². The maximum Gasteiger partial charge on any atom is 0.419 e. The molecule has 2 aliphatic rings. The Balaban J connectivity index is 1.63. The van der Waals surface area contributed by atoms with Gasteiger partial charge in [0.25, 0.3) is 5.56 Å². The molecule has 2 aliphatic heterocycles. The summed E-state index contributed by atoms with van der Waals surface area (Å²) >= 11 is 0. The lowest BCUT2D eigenvalue weighted by Crippen LogP contribution is -2.49. The maximum absolute atomic E-state index is 16.1. The molecule has 1 unspecified atom stereocenters. The van der Waals surface area contributed by atoms with Crippen LogP contribution in [-0.4, -0.2) is 53.8 Å². The molecule has 4 bridgehead atoms. The third kappa shape index (κ3) is 8.77. The summed E-state index contributed by atoms with van der Waals surface area (Å²) in [6.07, 6.45) is -17.8. The molecular weight excluding hydrogens is 787 g/mol. The molecule has 6 rings (SSSR count). The topological polar surface area (TPSA) is 89.9 Å². The van der Waals surface area contributed by atoms with Crippen molar-refractivity contribution >= 4 is 11.9 Å². The number of hydrogen-bond donors (Lipinski definition) is 1. The van der Waals surface area contributed by atoms with Crippen LogP contribution in [0.5, 0.6) is 11.5 Å². The number of likely N-dealkylation sites (tertiary alicyclic amines) is 1. The highest BCUT2D eigenvalue weighted by atomic mass is 19.4. The van der Waals surface area contributed by atoms with Gasteiger partial charge in [0.1, 0.15) is 29.5 Å². The van der Waals surface area contributed by atoms with Crippen LogP contribution in [-0.2, 0) is 39.3 Å². The number of fused-ring (bicyclic) bond motifs is 6. The van der Waals surface area contributed by atoms with Crippen LogP contribution in [0.3, 0.4) is 0 Å². The Kier molecular flexibility index (Phi) is 11.2. The van der Waals surface area contributed by atoms with Crippen LogP contribution in [0.1, 0.15) is 58.8 Å². The van der Waals surface area contributed by atoms with E-state index < -0.39 is 111 Å². The predicted molar refractivity (Wildman–Crippen MR) is 179 cm³/mol. The second-order valence-electron chi connectivity index (χ2n) is 13.3. The lowest BCUT2D eigenvalue weighted by molar-refractivity contribution is -0.144. The van der Waals surface area contributed by atoms with Crippen molar-refractivity contribution in [1.82, 2.24) is 14.8 Å². The first-order valence-electron chi connectivity index (χ1n) is 17.2. The number of amides is 1. The summed E-state index contributed by atoms with van der Waals surface area (Å²) in [7, 11) is 0. The van der Waals surface area contributed by atoms with Gasteiger partial charge in [-0.3, -0.25) is 23.9 Å². The van der Waals surface area contributed by atoms with Gasteiger partial charge in [-0.1, -0.05) is 18.2 Å². The van der Waals surface area contributed by atoms with E-state index in [1.54, 1.807) is 0 Å². The van der Waals surface area contributed by atoms with Crippen molar-refractivity contribution in [1.29, 1.82) is 0 Å². The van der Waals surface area contributed by atoms with Crippen LogP contribution < -0.4 is 15.6 Å². The van der Waals surface area contributed by atoms with Gasteiger partial charge in [-0.15, -0.1) is 0 Å². The lowest BCUT2D eigenvalue weighted by atomic mass is 9.91. The minimum atomic E-state index is -5.55. The molecule has 3 aromatic carbocycles. The van der Waals surface area contributed by atoms with Crippen LogP contribution in [0.15, 0.2) is 71.7 Å². The molecule has 0 aliphatic carbocycles. The molecule has 3 heterocycles. The smallest absolute Gasteiger partial charge is 0.419 e. The fourth-order valence-electron chi connectivity index (χ4n) is 6.82.